The molecule has 13 heavy (non-hydrogen) atoms. The lowest BCUT2D eigenvalue weighted by molar-refractivity contribution is 0.0685. The maximum atomic E-state index is 10.7. The van der Waals surface area contributed by atoms with E-state index in [-0.39, 0.29) is 5.69 Å². The van der Waals surface area contributed by atoms with Gasteiger partial charge in [0.15, 0.2) is 0 Å². The molecule has 1 aliphatic heterocycles. The number of nitrogens with zero attached hydrogens (tertiary/aromatic N) is 3. The molecule has 0 aromatic carbocycles. The Labute approximate surface area is 74.1 Å². The monoisotopic (exact) mass is 183 g/mol. The van der Waals surface area contributed by atoms with Gasteiger partial charge in [-0.1, -0.05) is 0 Å². The molecule has 70 valence electrons. The zero-order valence-electron chi connectivity index (χ0n) is 6.93. The van der Waals surface area contributed by atoms with Crippen molar-refractivity contribution in [2.24, 2.45) is 0 Å². The van der Waals surface area contributed by atoms with Crippen LogP contribution in [0.3, 0.4) is 0 Å². The maximum absolute atomic E-state index is 10.7. The van der Waals surface area contributed by atoms with Crippen LogP contribution in [0.25, 0.3) is 0 Å². The van der Waals surface area contributed by atoms with Crippen molar-refractivity contribution in [1.29, 1.82) is 0 Å². The average Bonchev–Trinajstić information content (AvgIpc) is 2.74. The van der Waals surface area contributed by atoms with E-state index in [1.54, 1.807) is 0 Å². The number of carbonyl (C=O) groups is 1. The molecule has 1 aliphatic rings. The lowest BCUT2D eigenvalue weighted by Gasteiger charge is -2.11. The van der Waals surface area contributed by atoms with Gasteiger partial charge in [0.1, 0.15) is 0 Å². The number of hydrogen-bond donors (Lipinski definition) is 1. The molecule has 0 saturated carbocycles. The smallest absolute Gasteiger partial charge is 0.362 e. The molecule has 0 bridgehead atoms. The second-order valence-electron chi connectivity index (χ2n) is 2.94. The van der Waals surface area contributed by atoms with Crippen molar-refractivity contribution in [1.82, 2.24) is 10.3 Å². The minimum atomic E-state index is -1.09. The van der Waals surface area contributed by atoms with Crippen LogP contribution in [0.1, 0.15) is 23.3 Å². The van der Waals surface area contributed by atoms with Gasteiger partial charge in [-0.2, -0.15) is 0 Å². The van der Waals surface area contributed by atoms with Gasteiger partial charge in [-0.15, -0.1) is 0 Å². The fourth-order valence-electron chi connectivity index (χ4n) is 1.46. The van der Waals surface area contributed by atoms with Crippen LogP contribution in [0.5, 0.6) is 0 Å². The Bertz CT molecular complexity index is 317. The van der Waals surface area contributed by atoms with E-state index in [0.717, 1.165) is 25.9 Å². The van der Waals surface area contributed by atoms with Crippen LogP contribution in [0, 0.1) is 0 Å². The van der Waals surface area contributed by atoms with Crippen molar-refractivity contribution in [3.8, 4) is 0 Å². The second kappa shape index (κ2) is 3.04. The number of rotatable bonds is 2. The van der Waals surface area contributed by atoms with Crippen molar-refractivity contribution >= 4 is 11.8 Å². The standard InChI is InChI=1S/C7H9N3O3/c11-7(12)5-6(9-13-8-5)10-3-1-2-4-10/h1-4H2,(H,11,12). The van der Waals surface area contributed by atoms with E-state index in [1.165, 1.54) is 0 Å². The van der Waals surface area contributed by atoms with Crippen LogP contribution in [-0.2, 0) is 0 Å². The highest BCUT2D eigenvalue weighted by Crippen LogP contribution is 2.20. The van der Waals surface area contributed by atoms with Crippen LogP contribution in [0.15, 0.2) is 4.63 Å². The zero-order valence-corrected chi connectivity index (χ0v) is 6.93. The maximum Gasteiger partial charge on any atom is 0.362 e. The number of hydrogen-bond acceptors (Lipinski definition) is 5. The van der Waals surface area contributed by atoms with Crippen molar-refractivity contribution in [3.05, 3.63) is 5.69 Å². The predicted molar refractivity (Wildman–Crippen MR) is 42.7 cm³/mol. The number of carboxylic acids is 1. The first kappa shape index (κ1) is 8.03. The molecule has 2 rings (SSSR count). The normalized spacial score (nSPS) is 16.5. The van der Waals surface area contributed by atoms with E-state index < -0.39 is 5.97 Å². The van der Waals surface area contributed by atoms with Crippen molar-refractivity contribution in [3.63, 3.8) is 0 Å². The number of anilines is 1. The highest BCUT2D eigenvalue weighted by atomic mass is 16.6. The van der Waals surface area contributed by atoms with Crippen molar-refractivity contribution in [2.75, 3.05) is 18.0 Å². The third kappa shape index (κ3) is 1.34. The predicted octanol–water partition coefficient (Wildman–Crippen LogP) is 0.368. The first-order chi connectivity index (χ1) is 6.29. The minimum absolute atomic E-state index is 0.0955. The molecule has 0 atom stereocenters. The van der Waals surface area contributed by atoms with Gasteiger partial charge < -0.3 is 10.0 Å². The molecule has 1 saturated heterocycles. The molecule has 6 nitrogen and oxygen atoms in total. The van der Waals surface area contributed by atoms with Gasteiger partial charge in [-0.3, -0.25) is 0 Å². The average molecular weight is 183 g/mol. The van der Waals surface area contributed by atoms with Gasteiger partial charge in [0, 0.05) is 13.1 Å². The number of aromatic nitrogens is 2. The minimum Gasteiger partial charge on any atom is -0.476 e. The largest absolute Gasteiger partial charge is 0.476 e. The topological polar surface area (TPSA) is 79.5 Å². The lowest BCUT2D eigenvalue weighted by atomic mass is 10.4. The molecule has 6 heteroatoms. The molecule has 0 radical (unpaired) electrons. The Hall–Kier alpha value is -1.59. The van der Waals surface area contributed by atoms with Gasteiger partial charge in [-0.25, -0.2) is 9.42 Å². The summed E-state index contributed by atoms with van der Waals surface area (Å²) in [4.78, 5) is 12.5. The fourth-order valence-corrected chi connectivity index (χ4v) is 1.46. The van der Waals surface area contributed by atoms with Crippen LogP contribution in [0.2, 0.25) is 0 Å². The van der Waals surface area contributed by atoms with Gasteiger partial charge in [0.05, 0.1) is 0 Å². The van der Waals surface area contributed by atoms with E-state index in [9.17, 15) is 4.79 Å². The van der Waals surface area contributed by atoms with Gasteiger partial charge in [0.25, 0.3) is 0 Å². The zero-order chi connectivity index (χ0) is 9.26. The molecule has 0 unspecified atom stereocenters. The summed E-state index contributed by atoms with van der Waals surface area (Å²) < 4.78 is 4.40. The Kier molecular flexibility index (Phi) is 1.88. The highest BCUT2D eigenvalue weighted by Gasteiger charge is 2.24. The van der Waals surface area contributed by atoms with E-state index >= 15 is 0 Å². The summed E-state index contributed by atoms with van der Waals surface area (Å²) in [5, 5.41) is 15.6. The Morgan fingerprint density at radius 2 is 2.08 bits per heavy atom. The number of carboxylic acid groups (broad SMARTS) is 1. The molecule has 0 amide bonds. The summed E-state index contributed by atoms with van der Waals surface area (Å²) in [5.41, 5.74) is -0.0955. The third-order valence-corrected chi connectivity index (χ3v) is 2.08. The van der Waals surface area contributed by atoms with Crippen molar-refractivity contribution < 1.29 is 14.5 Å². The molecule has 2 heterocycles. The second-order valence-corrected chi connectivity index (χ2v) is 2.94. The molecule has 1 aromatic heterocycles. The Morgan fingerprint density at radius 3 is 2.69 bits per heavy atom. The van der Waals surface area contributed by atoms with Crippen LogP contribution >= 0.6 is 0 Å². The van der Waals surface area contributed by atoms with E-state index in [1.807, 2.05) is 4.90 Å². The first-order valence-electron chi connectivity index (χ1n) is 4.10. The Balaban J connectivity index is 2.28. The summed E-state index contributed by atoms with van der Waals surface area (Å²) in [6.07, 6.45) is 2.12. The van der Waals surface area contributed by atoms with Gasteiger partial charge >= 0.3 is 5.97 Å². The summed E-state index contributed by atoms with van der Waals surface area (Å²) >= 11 is 0. The molecule has 1 aromatic rings. The first-order valence-corrected chi connectivity index (χ1v) is 4.10. The molecular weight excluding hydrogens is 174 g/mol. The lowest BCUT2D eigenvalue weighted by Crippen LogP contribution is -2.20. The molecular formula is C7H9N3O3. The van der Waals surface area contributed by atoms with Crippen LogP contribution in [-0.4, -0.2) is 34.5 Å². The molecule has 1 N–H and O–H groups in total. The summed E-state index contributed by atoms with van der Waals surface area (Å²) in [5.74, 6) is -0.742. The summed E-state index contributed by atoms with van der Waals surface area (Å²) in [6, 6.07) is 0. The summed E-state index contributed by atoms with van der Waals surface area (Å²) in [6.45, 7) is 1.66. The molecule has 0 aliphatic carbocycles. The highest BCUT2D eigenvalue weighted by molar-refractivity contribution is 5.90. The van der Waals surface area contributed by atoms with E-state index in [0.29, 0.717) is 5.82 Å². The van der Waals surface area contributed by atoms with E-state index in [2.05, 4.69) is 14.9 Å². The number of aromatic carboxylic acids is 1. The van der Waals surface area contributed by atoms with Gasteiger partial charge in [0.2, 0.25) is 11.5 Å². The summed E-state index contributed by atoms with van der Waals surface area (Å²) in [7, 11) is 0. The fraction of sp³-hybridized carbons (Fsp3) is 0.571. The third-order valence-electron chi connectivity index (χ3n) is 2.08. The van der Waals surface area contributed by atoms with Crippen LogP contribution < -0.4 is 4.90 Å². The van der Waals surface area contributed by atoms with Crippen molar-refractivity contribution in [2.45, 2.75) is 12.8 Å². The Morgan fingerprint density at radius 1 is 1.38 bits per heavy atom. The quantitative estimate of drug-likeness (QED) is 0.713. The SMILES string of the molecule is O=C(O)c1nonc1N1CCCC1. The van der Waals surface area contributed by atoms with E-state index in [4.69, 9.17) is 5.11 Å². The van der Waals surface area contributed by atoms with Gasteiger partial charge in [-0.05, 0) is 23.2 Å². The molecule has 1 fully saturated rings. The molecule has 0 spiro atoms. The van der Waals surface area contributed by atoms with Crippen LogP contribution in [0.4, 0.5) is 5.82 Å².